The Hall–Kier alpha value is -0.140. The van der Waals surface area contributed by atoms with Gasteiger partial charge in [-0.1, -0.05) is 13.8 Å². The van der Waals surface area contributed by atoms with E-state index in [9.17, 15) is 4.79 Å². The van der Waals surface area contributed by atoms with Crippen LogP contribution in [0.2, 0.25) is 0 Å². The summed E-state index contributed by atoms with van der Waals surface area (Å²) in [7, 11) is 2.18. The second kappa shape index (κ2) is 6.56. The van der Waals surface area contributed by atoms with E-state index in [1.54, 1.807) is 0 Å². The van der Waals surface area contributed by atoms with Crippen LogP contribution in [0.1, 0.15) is 13.8 Å². The van der Waals surface area contributed by atoms with Crippen LogP contribution < -0.4 is 5.32 Å². The van der Waals surface area contributed by atoms with Crippen LogP contribution in [0.3, 0.4) is 0 Å². The van der Waals surface area contributed by atoms with Crippen LogP contribution in [0.25, 0.3) is 0 Å². The van der Waals surface area contributed by atoms with Crippen molar-refractivity contribution in [1.29, 1.82) is 0 Å². The van der Waals surface area contributed by atoms with E-state index in [1.165, 1.54) is 0 Å². The number of piperazine rings is 1. The molecule has 0 aromatic rings. The zero-order valence-electron chi connectivity index (χ0n) is 7.26. The Bertz CT molecular complexity index is 113. The molecule has 1 aliphatic heterocycles. The predicted molar refractivity (Wildman–Crippen MR) is 50.9 cm³/mol. The lowest BCUT2D eigenvalue weighted by Gasteiger charge is -2.25. The maximum absolute atomic E-state index is 10.7. The van der Waals surface area contributed by atoms with Gasteiger partial charge in [-0.25, -0.2) is 0 Å². The summed E-state index contributed by atoms with van der Waals surface area (Å²) in [5.41, 5.74) is 0.108. The normalized spacial score (nSPS) is 16.8. The predicted octanol–water partition coefficient (Wildman–Crippen LogP) is 0.913. The van der Waals surface area contributed by atoms with Crippen LogP contribution in [0.5, 0.6) is 0 Å². The molecule has 4 heteroatoms. The van der Waals surface area contributed by atoms with Gasteiger partial charge in [-0.2, -0.15) is 0 Å². The highest BCUT2D eigenvalue weighted by molar-refractivity contribution is 7.39. The standard InChI is InChI=1S/C5H11N2OP.C2H6/c8-5(9)7-3-1-6-2-4-7;1-2/h6H,1-4,9H2;1-2H3. The number of rotatable bonds is 0. The van der Waals surface area contributed by atoms with E-state index in [4.69, 9.17) is 0 Å². The molecule has 1 atom stereocenters. The van der Waals surface area contributed by atoms with E-state index >= 15 is 0 Å². The highest BCUT2D eigenvalue weighted by atomic mass is 31.0. The highest BCUT2D eigenvalue weighted by Crippen LogP contribution is 1.99. The van der Waals surface area contributed by atoms with Crippen molar-refractivity contribution in [3.63, 3.8) is 0 Å². The second-order valence-corrected chi connectivity index (χ2v) is 2.57. The van der Waals surface area contributed by atoms with Gasteiger partial charge in [0.2, 0.25) is 5.65 Å². The summed E-state index contributed by atoms with van der Waals surface area (Å²) in [6.07, 6.45) is 0. The lowest BCUT2D eigenvalue weighted by atomic mass is 10.4. The molecule has 66 valence electrons. The van der Waals surface area contributed by atoms with Gasteiger partial charge >= 0.3 is 0 Å². The number of amides is 1. The fraction of sp³-hybridized carbons (Fsp3) is 0.857. The first-order valence-corrected chi connectivity index (χ1v) is 4.63. The Labute approximate surface area is 70.7 Å². The van der Waals surface area contributed by atoms with Crippen LogP contribution >= 0.6 is 9.24 Å². The van der Waals surface area contributed by atoms with Crippen molar-refractivity contribution in [3.8, 4) is 0 Å². The summed E-state index contributed by atoms with van der Waals surface area (Å²) in [5.74, 6) is 0. The van der Waals surface area contributed by atoms with E-state index < -0.39 is 0 Å². The maximum Gasteiger partial charge on any atom is 0.237 e. The van der Waals surface area contributed by atoms with E-state index in [1.807, 2.05) is 18.7 Å². The molecule has 11 heavy (non-hydrogen) atoms. The zero-order chi connectivity index (χ0) is 8.69. The van der Waals surface area contributed by atoms with Gasteiger partial charge in [0.05, 0.1) is 0 Å². The number of hydrogen-bond acceptors (Lipinski definition) is 2. The third-order valence-electron chi connectivity index (χ3n) is 1.43. The molecule has 1 saturated heterocycles. The Kier molecular flexibility index (Phi) is 6.48. The van der Waals surface area contributed by atoms with Gasteiger partial charge in [-0.3, -0.25) is 4.79 Å². The molecule has 0 aromatic carbocycles. The molecule has 1 amide bonds. The van der Waals surface area contributed by atoms with Crippen LogP contribution in [0.4, 0.5) is 4.79 Å². The van der Waals surface area contributed by atoms with Crippen molar-refractivity contribution in [1.82, 2.24) is 10.2 Å². The van der Waals surface area contributed by atoms with E-state index in [2.05, 4.69) is 14.6 Å². The van der Waals surface area contributed by atoms with Crippen molar-refractivity contribution in [2.75, 3.05) is 26.2 Å². The van der Waals surface area contributed by atoms with Crippen molar-refractivity contribution in [2.45, 2.75) is 13.8 Å². The molecule has 1 aliphatic rings. The zero-order valence-corrected chi connectivity index (χ0v) is 8.42. The molecular weight excluding hydrogens is 159 g/mol. The van der Waals surface area contributed by atoms with Crippen LogP contribution in [-0.4, -0.2) is 36.7 Å². The van der Waals surface area contributed by atoms with Crippen LogP contribution in [0.15, 0.2) is 0 Å². The molecule has 1 unspecified atom stereocenters. The summed E-state index contributed by atoms with van der Waals surface area (Å²) in [6.45, 7) is 7.56. The lowest BCUT2D eigenvalue weighted by Crippen LogP contribution is -2.44. The Morgan fingerprint density at radius 3 is 2.09 bits per heavy atom. The van der Waals surface area contributed by atoms with Crippen molar-refractivity contribution in [2.24, 2.45) is 0 Å². The van der Waals surface area contributed by atoms with Gasteiger partial charge in [0.15, 0.2) is 0 Å². The molecule has 1 fully saturated rings. The third kappa shape index (κ3) is 4.33. The minimum absolute atomic E-state index is 0.108. The molecule has 0 saturated carbocycles. The summed E-state index contributed by atoms with van der Waals surface area (Å²) >= 11 is 0. The largest absolute Gasteiger partial charge is 0.337 e. The number of nitrogens with zero attached hydrogens (tertiary/aromatic N) is 1. The van der Waals surface area contributed by atoms with Gasteiger partial charge in [-0.15, -0.1) is 0 Å². The van der Waals surface area contributed by atoms with Gasteiger partial charge in [0.1, 0.15) is 0 Å². The van der Waals surface area contributed by atoms with Gasteiger partial charge in [0, 0.05) is 26.2 Å². The van der Waals surface area contributed by atoms with Crippen LogP contribution in [0, 0.1) is 0 Å². The fourth-order valence-corrected chi connectivity index (χ4v) is 1.14. The highest BCUT2D eigenvalue weighted by Gasteiger charge is 2.10. The first-order valence-electron chi connectivity index (χ1n) is 4.06. The summed E-state index contributed by atoms with van der Waals surface area (Å²) in [6, 6.07) is 0. The minimum Gasteiger partial charge on any atom is -0.337 e. The number of carbonyl (C=O) groups is 1. The van der Waals surface area contributed by atoms with E-state index in [-0.39, 0.29) is 5.65 Å². The molecule has 0 bridgehead atoms. The summed E-state index contributed by atoms with van der Waals surface area (Å²) in [4.78, 5) is 12.5. The van der Waals surface area contributed by atoms with Gasteiger partial charge in [-0.05, 0) is 9.24 Å². The molecule has 1 rings (SSSR count). The molecule has 0 radical (unpaired) electrons. The van der Waals surface area contributed by atoms with E-state index in [0.29, 0.717) is 0 Å². The van der Waals surface area contributed by atoms with Crippen molar-refractivity contribution < 1.29 is 4.79 Å². The Morgan fingerprint density at radius 2 is 1.82 bits per heavy atom. The first kappa shape index (κ1) is 10.9. The van der Waals surface area contributed by atoms with E-state index in [0.717, 1.165) is 26.2 Å². The Balaban J connectivity index is 0.000000461. The average Bonchev–Trinajstić information content (AvgIpc) is 2.10. The third-order valence-corrected chi connectivity index (χ3v) is 1.79. The smallest absolute Gasteiger partial charge is 0.237 e. The number of hydrogen-bond donors (Lipinski definition) is 1. The molecule has 3 nitrogen and oxygen atoms in total. The number of nitrogens with one attached hydrogen (secondary N) is 1. The Morgan fingerprint density at radius 1 is 1.36 bits per heavy atom. The topological polar surface area (TPSA) is 32.3 Å². The maximum atomic E-state index is 10.7. The second-order valence-electron chi connectivity index (χ2n) is 2.08. The van der Waals surface area contributed by atoms with Crippen molar-refractivity contribution in [3.05, 3.63) is 0 Å². The van der Waals surface area contributed by atoms with Crippen LogP contribution in [-0.2, 0) is 0 Å². The molecular formula is C7H17N2OP. The quantitative estimate of drug-likeness (QED) is 0.556. The molecule has 1 N–H and O–H groups in total. The summed E-state index contributed by atoms with van der Waals surface area (Å²) < 4.78 is 0. The average molecular weight is 176 g/mol. The molecule has 0 aliphatic carbocycles. The monoisotopic (exact) mass is 176 g/mol. The number of carbonyl (C=O) groups excluding carboxylic acids is 1. The van der Waals surface area contributed by atoms with Gasteiger partial charge < -0.3 is 10.2 Å². The minimum atomic E-state index is 0.108. The fourth-order valence-electron chi connectivity index (χ4n) is 0.885. The SMILES string of the molecule is CC.O=C(P)N1CCNCC1. The van der Waals surface area contributed by atoms with Crippen molar-refractivity contribution >= 4 is 14.9 Å². The molecule has 1 heterocycles. The summed E-state index contributed by atoms with van der Waals surface area (Å²) in [5, 5.41) is 3.17. The first-order chi connectivity index (χ1) is 5.30. The molecule has 0 spiro atoms. The molecule has 0 aromatic heterocycles. The van der Waals surface area contributed by atoms with Gasteiger partial charge in [0.25, 0.3) is 0 Å². The lowest BCUT2D eigenvalue weighted by molar-refractivity contribution is 0.215.